The van der Waals surface area contributed by atoms with E-state index in [0.717, 1.165) is 12.0 Å². The molecule has 2 heterocycles. The van der Waals surface area contributed by atoms with Crippen LogP contribution in [0.5, 0.6) is 0 Å². The molecule has 29 heavy (non-hydrogen) atoms. The first-order chi connectivity index (χ1) is 13.9. The molecule has 2 fully saturated rings. The predicted octanol–water partition coefficient (Wildman–Crippen LogP) is 5.89. The highest BCUT2D eigenvalue weighted by Gasteiger charge is 2.38. The third kappa shape index (κ3) is 5.90. The van der Waals surface area contributed by atoms with Gasteiger partial charge in [-0.05, 0) is 59.9 Å². The lowest BCUT2D eigenvalue weighted by Crippen LogP contribution is -2.53. The normalized spacial score (nSPS) is 20.3. The van der Waals surface area contributed by atoms with Crippen LogP contribution in [0.1, 0.15) is 74.8 Å². The fourth-order valence-electron chi connectivity index (χ4n) is 4.08. The number of hydrogen-bond donors (Lipinski definition) is 2. The zero-order valence-corrected chi connectivity index (χ0v) is 18.5. The summed E-state index contributed by atoms with van der Waals surface area (Å²) in [6, 6.07) is 17.6. The average molecular weight is 397 g/mol. The van der Waals surface area contributed by atoms with Crippen LogP contribution in [-0.4, -0.2) is 19.6 Å². The number of halogens is 1. The van der Waals surface area contributed by atoms with Gasteiger partial charge in [-0.25, -0.2) is 4.39 Å². The van der Waals surface area contributed by atoms with Gasteiger partial charge in [-0.3, -0.25) is 0 Å². The minimum Gasteiger partial charge on any atom is -0.310 e. The second-order valence-corrected chi connectivity index (χ2v) is 9.34. The van der Waals surface area contributed by atoms with Gasteiger partial charge in [0.1, 0.15) is 0 Å². The van der Waals surface area contributed by atoms with Crippen molar-refractivity contribution in [1.29, 1.82) is 0 Å². The zero-order chi connectivity index (χ0) is 20.9. The largest absolute Gasteiger partial charge is 0.310 e. The number of rotatable bonds is 5. The van der Waals surface area contributed by atoms with E-state index in [1.807, 2.05) is 18.2 Å². The standard InChI is InChI=1S/C13H18FN.C13H19N/c1-10(2)6-11-4-3-5-12(7-11)13(14)8-15-9-13;1-10(2)11-5-7-12(8-6-11)13-4-3-9-14-13/h3-5,7,10,15H,6,8-9H2,1-2H3;5-8,10,13-14H,3-4,9H2,1-2H3. The summed E-state index contributed by atoms with van der Waals surface area (Å²) >= 11 is 0. The van der Waals surface area contributed by atoms with E-state index >= 15 is 0 Å². The number of hydrogen-bond acceptors (Lipinski definition) is 2. The van der Waals surface area contributed by atoms with Gasteiger partial charge in [0.2, 0.25) is 0 Å². The molecule has 2 saturated heterocycles. The Hall–Kier alpha value is -1.71. The summed E-state index contributed by atoms with van der Waals surface area (Å²) in [5.74, 6) is 1.26. The van der Waals surface area contributed by atoms with Crippen LogP contribution in [0.2, 0.25) is 0 Å². The number of benzene rings is 2. The van der Waals surface area contributed by atoms with E-state index in [0.29, 0.717) is 31.0 Å². The van der Waals surface area contributed by atoms with Crippen LogP contribution in [0.15, 0.2) is 48.5 Å². The van der Waals surface area contributed by atoms with E-state index in [2.05, 4.69) is 68.7 Å². The van der Waals surface area contributed by atoms with Gasteiger partial charge < -0.3 is 10.6 Å². The summed E-state index contributed by atoms with van der Waals surface area (Å²) in [5, 5.41) is 6.51. The first-order valence-electron chi connectivity index (χ1n) is 11.2. The van der Waals surface area contributed by atoms with E-state index in [4.69, 9.17) is 0 Å². The van der Waals surface area contributed by atoms with Crippen molar-refractivity contribution in [3.05, 3.63) is 70.8 Å². The van der Waals surface area contributed by atoms with Gasteiger partial charge in [0, 0.05) is 19.1 Å². The molecule has 2 nitrogen and oxygen atoms in total. The van der Waals surface area contributed by atoms with E-state index in [-0.39, 0.29) is 0 Å². The lowest BCUT2D eigenvalue weighted by Gasteiger charge is -2.35. The average Bonchev–Trinajstić information content (AvgIpc) is 3.21. The van der Waals surface area contributed by atoms with Crippen LogP contribution in [0, 0.1) is 5.92 Å². The predicted molar refractivity (Wildman–Crippen MR) is 121 cm³/mol. The summed E-state index contributed by atoms with van der Waals surface area (Å²) in [4.78, 5) is 0. The van der Waals surface area contributed by atoms with E-state index in [1.54, 1.807) is 0 Å². The van der Waals surface area contributed by atoms with Crippen molar-refractivity contribution in [2.24, 2.45) is 5.92 Å². The fourth-order valence-corrected chi connectivity index (χ4v) is 4.08. The topological polar surface area (TPSA) is 24.1 Å². The van der Waals surface area contributed by atoms with Crippen molar-refractivity contribution >= 4 is 0 Å². The maximum atomic E-state index is 14.1. The van der Waals surface area contributed by atoms with Crippen molar-refractivity contribution in [2.75, 3.05) is 19.6 Å². The highest BCUT2D eigenvalue weighted by molar-refractivity contribution is 5.31. The van der Waals surface area contributed by atoms with Crippen molar-refractivity contribution < 1.29 is 4.39 Å². The van der Waals surface area contributed by atoms with Crippen LogP contribution in [0.25, 0.3) is 0 Å². The molecule has 1 unspecified atom stereocenters. The Morgan fingerprint density at radius 1 is 1.03 bits per heavy atom. The molecule has 2 N–H and O–H groups in total. The van der Waals surface area contributed by atoms with Gasteiger partial charge in [-0.1, -0.05) is 76.2 Å². The minimum absolute atomic E-state index is 0.456. The monoisotopic (exact) mass is 396 g/mol. The summed E-state index contributed by atoms with van der Waals surface area (Å²) in [5.41, 5.74) is 3.84. The molecule has 4 rings (SSSR count). The van der Waals surface area contributed by atoms with Gasteiger partial charge in [0.15, 0.2) is 5.67 Å². The smallest absolute Gasteiger partial charge is 0.160 e. The van der Waals surface area contributed by atoms with Crippen LogP contribution >= 0.6 is 0 Å². The van der Waals surface area contributed by atoms with Gasteiger partial charge >= 0.3 is 0 Å². The Balaban J connectivity index is 0.000000166. The molecule has 1 atom stereocenters. The molecule has 2 aliphatic rings. The maximum Gasteiger partial charge on any atom is 0.160 e. The van der Waals surface area contributed by atoms with Crippen LogP contribution in [0.3, 0.4) is 0 Å². The van der Waals surface area contributed by atoms with Gasteiger partial charge in [-0.15, -0.1) is 0 Å². The van der Waals surface area contributed by atoms with Crippen LogP contribution in [-0.2, 0) is 12.1 Å². The Bertz CT molecular complexity index is 757. The second kappa shape index (κ2) is 9.86. The summed E-state index contributed by atoms with van der Waals surface area (Å²) in [6.45, 7) is 10.9. The van der Waals surface area contributed by atoms with Gasteiger partial charge in [0.05, 0.1) is 0 Å². The molecule has 3 heteroatoms. The lowest BCUT2D eigenvalue weighted by atomic mass is 9.88. The number of alkyl halides is 1. The molecule has 158 valence electrons. The first kappa shape index (κ1) is 22.0. The van der Waals surface area contributed by atoms with E-state index < -0.39 is 5.67 Å². The SMILES string of the molecule is CC(C)Cc1cccc(C2(F)CNC2)c1.CC(C)c1ccc(C2CCCN2)cc1. The lowest BCUT2D eigenvalue weighted by molar-refractivity contribution is 0.0890. The minimum atomic E-state index is -1.12. The van der Waals surface area contributed by atoms with E-state index in [9.17, 15) is 4.39 Å². The third-order valence-corrected chi connectivity index (χ3v) is 5.96. The molecule has 0 bridgehead atoms. The first-order valence-corrected chi connectivity index (χ1v) is 11.2. The molecule has 0 saturated carbocycles. The molecule has 0 aliphatic carbocycles. The third-order valence-electron chi connectivity index (χ3n) is 5.96. The highest BCUT2D eigenvalue weighted by atomic mass is 19.1. The molecule has 2 aliphatic heterocycles. The zero-order valence-electron chi connectivity index (χ0n) is 18.5. The molecular formula is C26H37FN2. The van der Waals surface area contributed by atoms with Crippen molar-refractivity contribution in [3.8, 4) is 0 Å². The maximum absolute atomic E-state index is 14.1. The second-order valence-electron chi connectivity index (χ2n) is 9.34. The summed E-state index contributed by atoms with van der Waals surface area (Å²) < 4.78 is 14.1. The van der Waals surface area contributed by atoms with Crippen molar-refractivity contribution in [3.63, 3.8) is 0 Å². The molecule has 0 radical (unpaired) electrons. The highest BCUT2D eigenvalue weighted by Crippen LogP contribution is 2.30. The molecule has 2 aromatic carbocycles. The molecule has 0 spiro atoms. The Morgan fingerprint density at radius 2 is 1.76 bits per heavy atom. The Kier molecular flexibility index (Phi) is 7.48. The summed E-state index contributed by atoms with van der Waals surface area (Å²) in [6.07, 6.45) is 3.63. The molecule has 2 aromatic rings. The fraction of sp³-hybridized carbons (Fsp3) is 0.538. The molecule has 0 amide bonds. The van der Waals surface area contributed by atoms with Crippen LogP contribution in [0.4, 0.5) is 4.39 Å². The molecular weight excluding hydrogens is 359 g/mol. The van der Waals surface area contributed by atoms with Crippen molar-refractivity contribution in [2.45, 2.75) is 64.6 Å². The van der Waals surface area contributed by atoms with Gasteiger partial charge in [0.25, 0.3) is 0 Å². The quantitative estimate of drug-likeness (QED) is 0.659. The van der Waals surface area contributed by atoms with E-state index in [1.165, 1.54) is 36.1 Å². The Labute approximate surface area is 176 Å². The van der Waals surface area contributed by atoms with Gasteiger partial charge in [-0.2, -0.15) is 0 Å². The van der Waals surface area contributed by atoms with Crippen LogP contribution < -0.4 is 10.6 Å². The Morgan fingerprint density at radius 3 is 2.28 bits per heavy atom. The summed E-state index contributed by atoms with van der Waals surface area (Å²) in [7, 11) is 0. The molecule has 0 aromatic heterocycles. The number of nitrogens with one attached hydrogen (secondary N) is 2. The van der Waals surface area contributed by atoms with Crippen molar-refractivity contribution in [1.82, 2.24) is 10.6 Å².